The normalized spacial score (nSPS) is 15.7. The topological polar surface area (TPSA) is 71.3 Å². The van der Waals surface area contributed by atoms with Gasteiger partial charge in [0.1, 0.15) is 6.04 Å². The molecule has 2 aromatic rings. The number of carbonyl (C=O) groups excluding carboxylic acids is 1. The molecule has 1 aromatic heterocycles. The quantitative estimate of drug-likeness (QED) is 0.919. The number of nitrogens with one attached hydrogen (secondary N) is 1. The molecule has 0 bridgehead atoms. The van der Waals surface area contributed by atoms with Crippen LogP contribution in [0.1, 0.15) is 43.1 Å². The number of aromatic nitrogens is 2. The highest BCUT2D eigenvalue weighted by Gasteiger charge is 2.18. The van der Waals surface area contributed by atoms with Gasteiger partial charge in [-0.3, -0.25) is 4.79 Å². The minimum Gasteiger partial charge on any atom is -0.374 e. The molecule has 3 rings (SSSR count). The highest BCUT2D eigenvalue weighted by atomic mass is 16.5. The van der Waals surface area contributed by atoms with Crippen molar-refractivity contribution in [2.24, 2.45) is 0 Å². The van der Waals surface area contributed by atoms with Gasteiger partial charge in [0, 0.05) is 18.8 Å². The molecule has 6 heteroatoms. The van der Waals surface area contributed by atoms with Gasteiger partial charge < -0.3 is 14.7 Å². The van der Waals surface area contributed by atoms with Crippen molar-refractivity contribution >= 4 is 11.6 Å². The van der Waals surface area contributed by atoms with Gasteiger partial charge in [0.05, 0.1) is 6.42 Å². The summed E-state index contributed by atoms with van der Waals surface area (Å²) in [4.78, 5) is 18.3. The van der Waals surface area contributed by atoms with Crippen LogP contribution in [0.2, 0.25) is 0 Å². The molecule has 23 heavy (non-hydrogen) atoms. The molecule has 0 aliphatic carbocycles. The molecule has 1 saturated heterocycles. The maximum Gasteiger partial charge on any atom is 0.248 e. The first-order chi connectivity index (χ1) is 11.1. The van der Waals surface area contributed by atoms with Crippen LogP contribution >= 0.6 is 0 Å². The van der Waals surface area contributed by atoms with Gasteiger partial charge >= 0.3 is 0 Å². The van der Waals surface area contributed by atoms with Gasteiger partial charge in [-0.1, -0.05) is 17.3 Å². The molecular weight excluding hydrogens is 292 g/mol. The second-order valence-corrected chi connectivity index (χ2v) is 6.01. The van der Waals surface area contributed by atoms with Crippen molar-refractivity contribution in [1.82, 2.24) is 15.0 Å². The number of rotatable bonds is 5. The molecular formula is C17H22N4O2. The van der Waals surface area contributed by atoms with Gasteiger partial charge in [-0.2, -0.15) is 4.98 Å². The summed E-state index contributed by atoms with van der Waals surface area (Å²) in [7, 11) is 0. The maximum atomic E-state index is 12.1. The zero-order valence-electron chi connectivity index (χ0n) is 13.6. The first kappa shape index (κ1) is 15.5. The Bertz CT molecular complexity index is 659. The number of hydrogen-bond donors (Lipinski definition) is 1. The van der Waals surface area contributed by atoms with Crippen molar-refractivity contribution in [1.29, 1.82) is 0 Å². The average Bonchev–Trinajstić information content (AvgIpc) is 3.20. The summed E-state index contributed by atoms with van der Waals surface area (Å²) in [5.74, 6) is 1.41. The molecule has 0 saturated carbocycles. The summed E-state index contributed by atoms with van der Waals surface area (Å²) in [6.07, 6.45) is 2.72. The predicted molar refractivity (Wildman–Crippen MR) is 87.0 cm³/mol. The van der Waals surface area contributed by atoms with Crippen LogP contribution in [-0.2, 0) is 11.2 Å². The Balaban J connectivity index is 1.57. The number of aryl methyl sites for hydroxylation is 1. The average molecular weight is 314 g/mol. The monoisotopic (exact) mass is 314 g/mol. The van der Waals surface area contributed by atoms with Gasteiger partial charge in [0.25, 0.3) is 0 Å². The molecule has 6 nitrogen and oxygen atoms in total. The van der Waals surface area contributed by atoms with Crippen molar-refractivity contribution < 1.29 is 9.32 Å². The van der Waals surface area contributed by atoms with Gasteiger partial charge in [0.2, 0.25) is 11.8 Å². The molecule has 1 aromatic carbocycles. The number of carbonyl (C=O) groups is 1. The lowest BCUT2D eigenvalue weighted by Gasteiger charge is -2.15. The fourth-order valence-corrected chi connectivity index (χ4v) is 2.77. The summed E-state index contributed by atoms with van der Waals surface area (Å²) in [6, 6.07) is 7.87. The van der Waals surface area contributed by atoms with Crippen LogP contribution in [0.3, 0.4) is 0 Å². The van der Waals surface area contributed by atoms with Crippen molar-refractivity contribution in [3.63, 3.8) is 0 Å². The fraction of sp³-hybridized carbons (Fsp3) is 0.471. The standard InChI is InChI=1S/C17H22N4O2/c1-12(17-19-13(2)20-23-17)18-15-7-5-14(6-8-15)11-16(22)21-9-3-4-10-21/h5-8,12,18H,3-4,9-11H2,1-2H3/t12-/m1/s1. The molecule has 122 valence electrons. The third-order valence-electron chi connectivity index (χ3n) is 4.06. The Labute approximate surface area is 135 Å². The second-order valence-electron chi connectivity index (χ2n) is 6.01. The van der Waals surface area contributed by atoms with Gasteiger partial charge in [-0.15, -0.1) is 0 Å². The number of nitrogens with zero attached hydrogens (tertiary/aromatic N) is 3. The van der Waals surface area contributed by atoms with E-state index in [2.05, 4.69) is 15.5 Å². The SMILES string of the molecule is Cc1noc([C@@H](C)Nc2ccc(CC(=O)N3CCCC3)cc2)n1. The molecule has 0 spiro atoms. The fourth-order valence-electron chi connectivity index (χ4n) is 2.77. The summed E-state index contributed by atoms with van der Waals surface area (Å²) < 4.78 is 5.16. The number of amides is 1. The molecule has 1 atom stereocenters. The van der Waals surface area contributed by atoms with Crippen LogP contribution < -0.4 is 5.32 Å². The van der Waals surface area contributed by atoms with E-state index in [0.29, 0.717) is 18.1 Å². The van der Waals surface area contributed by atoms with E-state index in [9.17, 15) is 4.79 Å². The molecule has 0 radical (unpaired) electrons. The minimum absolute atomic E-state index is 0.0618. The van der Waals surface area contributed by atoms with Crippen molar-refractivity contribution in [3.05, 3.63) is 41.5 Å². The number of benzene rings is 1. The second kappa shape index (κ2) is 6.81. The van der Waals surface area contributed by atoms with E-state index in [1.165, 1.54) is 0 Å². The van der Waals surface area contributed by atoms with Crippen LogP contribution in [0, 0.1) is 6.92 Å². The third kappa shape index (κ3) is 3.88. The van der Waals surface area contributed by atoms with E-state index in [4.69, 9.17) is 4.52 Å². The van der Waals surface area contributed by atoms with Crippen LogP contribution in [0.5, 0.6) is 0 Å². The van der Waals surface area contributed by atoms with Crippen LogP contribution in [0.15, 0.2) is 28.8 Å². The van der Waals surface area contributed by atoms with Crippen molar-refractivity contribution in [2.45, 2.75) is 39.2 Å². The summed E-state index contributed by atoms with van der Waals surface area (Å²) in [5, 5.41) is 7.11. The van der Waals surface area contributed by atoms with Crippen LogP contribution in [-0.4, -0.2) is 34.0 Å². The highest BCUT2D eigenvalue weighted by molar-refractivity contribution is 5.79. The van der Waals surface area contributed by atoms with E-state index in [-0.39, 0.29) is 11.9 Å². The zero-order valence-corrected chi connectivity index (χ0v) is 13.6. The smallest absolute Gasteiger partial charge is 0.248 e. The zero-order chi connectivity index (χ0) is 16.2. The Morgan fingerprint density at radius 2 is 2.00 bits per heavy atom. The summed E-state index contributed by atoms with van der Waals surface area (Å²) >= 11 is 0. The van der Waals surface area contributed by atoms with Crippen LogP contribution in [0.4, 0.5) is 5.69 Å². The van der Waals surface area contributed by atoms with E-state index < -0.39 is 0 Å². The molecule has 0 unspecified atom stereocenters. The first-order valence-electron chi connectivity index (χ1n) is 8.05. The first-order valence-corrected chi connectivity index (χ1v) is 8.05. The van der Waals surface area contributed by atoms with Gasteiger partial charge in [-0.05, 0) is 44.4 Å². The third-order valence-corrected chi connectivity index (χ3v) is 4.06. The largest absolute Gasteiger partial charge is 0.374 e. The molecule has 1 amide bonds. The molecule has 1 aliphatic heterocycles. The van der Waals surface area contributed by atoms with Crippen LogP contribution in [0.25, 0.3) is 0 Å². The van der Waals surface area contributed by atoms with Gasteiger partial charge in [-0.25, -0.2) is 0 Å². The van der Waals surface area contributed by atoms with Crippen molar-refractivity contribution in [2.75, 3.05) is 18.4 Å². The van der Waals surface area contributed by atoms with E-state index >= 15 is 0 Å². The lowest BCUT2D eigenvalue weighted by molar-refractivity contribution is -0.129. The summed E-state index contributed by atoms with van der Waals surface area (Å²) in [6.45, 7) is 5.57. The number of anilines is 1. The Hall–Kier alpha value is -2.37. The van der Waals surface area contributed by atoms with Gasteiger partial charge in [0.15, 0.2) is 5.82 Å². The van der Waals surface area contributed by atoms with E-state index in [0.717, 1.165) is 37.2 Å². The molecule has 1 fully saturated rings. The van der Waals surface area contributed by atoms with E-state index in [1.54, 1.807) is 6.92 Å². The lowest BCUT2D eigenvalue weighted by atomic mass is 10.1. The maximum absolute atomic E-state index is 12.1. The lowest BCUT2D eigenvalue weighted by Crippen LogP contribution is -2.29. The Morgan fingerprint density at radius 3 is 2.61 bits per heavy atom. The Morgan fingerprint density at radius 1 is 1.30 bits per heavy atom. The molecule has 1 aliphatic rings. The molecule has 2 heterocycles. The number of likely N-dealkylation sites (tertiary alicyclic amines) is 1. The molecule has 1 N–H and O–H groups in total. The summed E-state index contributed by atoms with van der Waals surface area (Å²) in [5.41, 5.74) is 2.00. The predicted octanol–water partition coefficient (Wildman–Crippen LogP) is 2.72. The Kier molecular flexibility index (Phi) is 4.60. The van der Waals surface area contributed by atoms with Crippen molar-refractivity contribution in [3.8, 4) is 0 Å². The minimum atomic E-state index is -0.0618. The highest BCUT2D eigenvalue weighted by Crippen LogP contribution is 2.19. The van der Waals surface area contributed by atoms with E-state index in [1.807, 2.05) is 36.1 Å². The number of hydrogen-bond acceptors (Lipinski definition) is 5.